The monoisotopic (exact) mass is 227 g/mol. The average molecular weight is 227 g/mol. The van der Waals surface area contributed by atoms with E-state index in [9.17, 15) is 4.79 Å². The second kappa shape index (κ2) is 6.06. The Bertz CT molecular complexity index is 223. The summed E-state index contributed by atoms with van der Waals surface area (Å²) in [4.78, 5) is 13.6. The van der Waals surface area contributed by atoms with Crippen molar-refractivity contribution >= 4 is 6.03 Å². The minimum atomic E-state index is 0.0638. The molecule has 1 atom stereocenters. The van der Waals surface area contributed by atoms with Crippen LogP contribution in [0.4, 0.5) is 4.79 Å². The molecule has 2 fully saturated rings. The number of urea groups is 1. The summed E-state index contributed by atoms with van der Waals surface area (Å²) in [5, 5.41) is 6.37. The first-order chi connectivity index (χ1) is 7.86. The van der Waals surface area contributed by atoms with Crippen molar-refractivity contribution in [2.24, 2.45) is 5.92 Å². The number of nitrogens with zero attached hydrogens (tertiary/aromatic N) is 1. The fourth-order valence-electron chi connectivity index (χ4n) is 2.21. The highest BCUT2D eigenvalue weighted by Gasteiger charge is 2.18. The summed E-state index contributed by atoms with van der Waals surface area (Å²) in [5.74, 6) is 0.596. The molecular weight excluding hydrogens is 206 g/mol. The van der Waals surface area contributed by atoms with Crippen LogP contribution in [0.5, 0.6) is 0 Å². The van der Waals surface area contributed by atoms with Gasteiger partial charge in [0.2, 0.25) is 0 Å². The van der Waals surface area contributed by atoms with Crippen LogP contribution < -0.4 is 10.6 Å². The van der Waals surface area contributed by atoms with Gasteiger partial charge < -0.3 is 20.3 Å². The van der Waals surface area contributed by atoms with Gasteiger partial charge in [-0.1, -0.05) is 0 Å². The number of hydrogen-bond donors (Lipinski definition) is 2. The third-order valence-corrected chi connectivity index (χ3v) is 3.24. The predicted molar refractivity (Wildman–Crippen MR) is 61.4 cm³/mol. The molecule has 2 aliphatic heterocycles. The maximum atomic E-state index is 11.8. The van der Waals surface area contributed by atoms with Gasteiger partial charge in [-0.05, 0) is 31.8 Å². The van der Waals surface area contributed by atoms with Crippen LogP contribution in [0.25, 0.3) is 0 Å². The van der Waals surface area contributed by atoms with Gasteiger partial charge >= 0.3 is 6.03 Å². The van der Waals surface area contributed by atoms with E-state index in [1.807, 2.05) is 4.90 Å². The zero-order chi connectivity index (χ0) is 11.2. The number of ether oxygens (including phenoxy) is 1. The quantitative estimate of drug-likeness (QED) is 0.699. The Morgan fingerprint density at radius 3 is 2.94 bits per heavy atom. The van der Waals surface area contributed by atoms with Crippen molar-refractivity contribution in [3.8, 4) is 0 Å². The fraction of sp³-hybridized carbons (Fsp3) is 0.909. The molecule has 0 aromatic rings. The summed E-state index contributed by atoms with van der Waals surface area (Å²) in [6, 6.07) is 0.0638. The molecule has 0 radical (unpaired) electrons. The minimum absolute atomic E-state index is 0.0638. The number of carbonyl (C=O) groups excluding carboxylic acids is 1. The number of carbonyl (C=O) groups is 1. The van der Waals surface area contributed by atoms with Crippen molar-refractivity contribution in [2.75, 3.05) is 45.9 Å². The van der Waals surface area contributed by atoms with Crippen LogP contribution in [0.2, 0.25) is 0 Å². The predicted octanol–water partition coefficient (Wildman–Crippen LogP) is 0.0278. The molecule has 2 heterocycles. The van der Waals surface area contributed by atoms with Gasteiger partial charge in [0.05, 0.1) is 13.2 Å². The lowest BCUT2D eigenvalue weighted by Gasteiger charge is -2.29. The first kappa shape index (κ1) is 11.7. The minimum Gasteiger partial charge on any atom is -0.378 e. The highest BCUT2D eigenvalue weighted by Crippen LogP contribution is 2.08. The van der Waals surface area contributed by atoms with Crippen molar-refractivity contribution in [1.82, 2.24) is 15.5 Å². The Kier molecular flexibility index (Phi) is 4.42. The van der Waals surface area contributed by atoms with E-state index in [1.54, 1.807) is 0 Å². The molecule has 0 spiro atoms. The van der Waals surface area contributed by atoms with Crippen molar-refractivity contribution in [1.29, 1.82) is 0 Å². The lowest BCUT2D eigenvalue weighted by molar-refractivity contribution is 0.0529. The van der Waals surface area contributed by atoms with E-state index in [0.29, 0.717) is 19.1 Å². The number of nitrogens with one attached hydrogen (secondary N) is 2. The van der Waals surface area contributed by atoms with Crippen LogP contribution in [0, 0.1) is 5.92 Å². The second-order valence-electron chi connectivity index (χ2n) is 4.50. The van der Waals surface area contributed by atoms with E-state index in [1.165, 1.54) is 12.8 Å². The first-order valence-electron chi connectivity index (χ1n) is 6.17. The number of rotatable bonds is 2. The second-order valence-corrected chi connectivity index (χ2v) is 4.50. The van der Waals surface area contributed by atoms with Crippen LogP contribution in [0.3, 0.4) is 0 Å². The van der Waals surface area contributed by atoms with E-state index in [2.05, 4.69) is 10.6 Å². The summed E-state index contributed by atoms with van der Waals surface area (Å²) >= 11 is 0. The van der Waals surface area contributed by atoms with Gasteiger partial charge in [0.25, 0.3) is 0 Å². The number of morpholine rings is 1. The summed E-state index contributed by atoms with van der Waals surface area (Å²) < 4.78 is 5.21. The molecule has 2 saturated heterocycles. The van der Waals surface area contributed by atoms with Crippen molar-refractivity contribution in [3.63, 3.8) is 0 Å². The molecule has 92 valence electrons. The number of piperidine rings is 1. The van der Waals surface area contributed by atoms with Gasteiger partial charge in [0, 0.05) is 19.6 Å². The number of hydrogen-bond acceptors (Lipinski definition) is 3. The fourth-order valence-corrected chi connectivity index (χ4v) is 2.21. The molecule has 0 unspecified atom stereocenters. The Labute approximate surface area is 96.5 Å². The van der Waals surface area contributed by atoms with E-state index < -0.39 is 0 Å². The summed E-state index contributed by atoms with van der Waals surface area (Å²) in [6.45, 7) is 5.71. The highest BCUT2D eigenvalue weighted by molar-refractivity contribution is 5.74. The summed E-state index contributed by atoms with van der Waals surface area (Å²) in [6.07, 6.45) is 2.44. The Hall–Kier alpha value is -0.810. The van der Waals surface area contributed by atoms with Gasteiger partial charge in [0.15, 0.2) is 0 Å². The Morgan fingerprint density at radius 2 is 2.25 bits per heavy atom. The van der Waals surface area contributed by atoms with Gasteiger partial charge in [-0.25, -0.2) is 4.79 Å². The molecule has 0 aliphatic carbocycles. The Balaban J connectivity index is 1.65. The highest BCUT2D eigenvalue weighted by atomic mass is 16.5. The van der Waals surface area contributed by atoms with E-state index in [4.69, 9.17) is 4.74 Å². The molecule has 5 heteroatoms. The maximum absolute atomic E-state index is 11.8. The van der Waals surface area contributed by atoms with Gasteiger partial charge in [-0.2, -0.15) is 0 Å². The third-order valence-electron chi connectivity index (χ3n) is 3.24. The summed E-state index contributed by atoms with van der Waals surface area (Å²) in [7, 11) is 0. The smallest absolute Gasteiger partial charge is 0.317 e. The molecule has 0 aromatic heterocycles. The van der Waals surface area contributed by atoms with Crippen LogP contribution in [0.1, 0.15) is 12.8 Å². The van der Waals surface area contributed by atoms with Crippen LogP contribution >= 0.6 is 0 Å². The Morgan fingerprint density at radius 1 is 1.44 bits per heavy atom. The molecule has 16 heavy (non-hydrogen) atoms. The average Bonchev–Trinajstić information content (AvgIpc) is 2.38. The summed E-state index contributed by atoms with van der Waals surface area (Å²) in [5.41, 5.74) is 0. The van der Waals surface area contributed by atoms with Crippen LogP contribution in [0.15, 0.2) is 0 Å². The van der Waals surface area contributed by atoms with Crippen molar-refractivity contribution in [2.45, 2.75) is 12.8 Å². The molecule has 5 nitrogen and oxygen atoms in total. The third kappa shape index (κ3) is 3.35. The molecule has 2 aliphatic rings. The zero-order valence-electron chi connectivity index (χ0n) is 9.71. The molecule has 2 N–H and O–H groups in total. The molecule has 2 amide bonds. The maximum Gasteiger partial charge on any atom is 0.317 e. The van der Waals surface area contributed by atoms with Gasteiger partial charge in [0.1, 0.15) is 0 Å². The largest absolute Gasteiger partial charge is 0.378 e. The standard InChI is InChI=1S/C11H21N3O2/c15-11(14-4-6-16-7-5-14)13-9-10-2-1-3-12-8-10/h10,12H,1-9H2,(H,13,15)/t10-/m1/s1. The van der Waals surface area contributed by atoms with Crippen LogP contribution in [-0.2, 0) is 4.74 Å². The van der Waals surface area contributed by atoms with E-state index >= 15 is 0 Å². The van der Waals surface area contributed by atoms with E-state index in [-0.39, 0.29) is 6.03 Å². The zero-order valence-corrected chi connectivity index (χ0v) is 9.71. The lowest BCUT2D eigenvalue weighted by atomic mass is 10.00. The molecule has 2 rings (SSSR count). The van der Waals surface area contributed by atoms with Gasteiger partial charge in [-0.3, -0.25) is 0 Å². The molecule has 0 saturated carbocycles. The normalized spacial score (nSPS) is 26.5. The van der Waals surface area contributed by atoms with Crippen molar-refractivity contribution < 1.29 is 9.53 Å². The number of amides is 2. The lowest BCUT2D eigenvalue weighted by Crippen LogP contribution is -2.48. The van der Waals surface area contributed by atoms with Crippen LogP contribution in [-0.4, -0.2) is 56.9 Å². The first-order valence-corrected chi connectivity index (χ1v) is 6.17. The SMILES string of the molecule is O=C(NC[C@@H]1CCCNC1)N1CCOCC1. The molecule has 0 aromatic carbocycles. The van der Waals surface area contributed by atoms with Gasteiger partial charge in [-0.15, -0.1) is 0 Å². The van der Waals surface area contributed by atoms with Crippen molar-refractivity contribution in [3.05, 3.63) is 0 Å². The molecule has 0 bridgehead atoms. The molecular formula is C11H21N3O2. The topological polar surface area (TPSA) is 53.6 Å². The van der Waals surface area contributed by atoms with E-state index in [0.717, 1.165) is 32.7 Å².